The summed E-state index contributed by atoms with van der Waals surface area (Å²) in [7, 11) is 0. The van der Waals surface area contributed by atoms with Gasteiger partial charge in [0.1, 0.15) is 11.5 Å². The Hall–Kier alpha value is -1.78. The molecular weight excluding hydrogens is 240 g/mol. The molecule has 0 unspecified atom stereocenters. The highest BCUT2D eigenvalue weighted by molar-refractivity contribution is 5.30. The largest absolute Gasteiger partial charge is 0.361 e. The van der Waals surface area contributed by atoms with Gasteiger partial charge in [-0.25, -0.2) is 4.98 Å². The van der Waals surface area contributed by atoms with Crippen LogP contribution in [0, 0.1) is 13.8 Å². The second-order valence-corrected chi connectivity index (χ2v) is 5.33. The van der Waals surface area contributed by atoms with Gasteiger partial charge >= 0.3 is 0 Å². The molecule has 0 saturated heterocycles. The van der Waals surface area contributed by atoms with Crippen LogP contribution in [-0.2, 0) is 6.54 Å². The number of hydrogen-bond donors (Lipinski definition) is 1. The molecule has 0 spiro atoms. The van der Waals surface area contributed by atoms with Gasteiger partial charge in [-0.1, -0.05) is 18.0 Å². The fourth-order valence-electron chi connectivity index (χ4n) is 2.78. The first-order valence-corrected chi connectivity index (χ1v) is 6.94. The molecule has 2 aromatic heterocycles. The van der Waals surface area contributed by atoms with Crippen LogP contribution in [0.2, 0.25) is 0 Å². The minimum Gasteiger partial charge on any atom is -0.361 e. The zero-order chi connectivity index (χ0) is 13.2. The van der Waals surface area contributed by atoms with E-state index in [1.54, 1.807) is 0 Å². The standard InChI is InChI=1S/C14H20N4O/c1-10-9-18(13-5-3-4-6-13)14(16-10)15-8-12-7-11(2)19-17-12/h7,9,13H,3-6,8H2,1-2H3,(H,15,16). The third kappa shape index (κ3) is 2.64. The third-order valence-electron chi connectivity index (χ3n) is 3.68. The summed E-state index contributed by atoms with van der Waals surface area (Å²) < 4.78 is 7.36. The number of nitrogens with zero attached hydrogens (tertiary/aromatic N) is 3. The van der Waals surface area contributed by atoms with Crippen LogP contribution in [0.4, 0.5) is 5.95 Å². The lowest BCUT2D eigenvalue weighted by molar-refractivity contribution is 0.391. The van der Waals surface area contributed by atoms with Crippen LogP contribution in [0.5, 0.6) is 0 Å². The first-order chi connectivity index (χ1) is 9.22. The zero-order valence-corrected chi connectivity index (χ0v) is 11.5. The van der Waals surface area contributed by atoms with Crippen LogP contribution in [-0.4, -0.2) is 14.7 Å². The molecule has 5 heteroatoms. The van der Waals surface area contributed by atoms with Gasteiger partial charge in [0.05, 0.1) is 12.2 Å². The van der Waals surface area contributed by atoms with Gasteiger partial charge in [-0.3, -0.25) is 0 Å². The molecule has 102 valence electrons. The van der Waals surface area contributed by atoms with Gasteiger partial charge < -0.3 is 14.4 Å². The number of rotatable bonds is 4. The average Bonchev–Trinajstić information content (AvgIpc) is 3.07. The number of hydrogen-bond acceptors (Lipinski definition) is 4. The smallest absolute Gasteiger partial charge is 0.203 e. The number of aryl methyl sites for hydroxylation is 2. The van der Waals surface area contributed by atoms with Crippen molar-refractivity contribution in [1.82, 2.24) is 14.7 Å². The van der Waals surface area contributed by atoms with E-state index < -0.39 is 0 Å². The molecule has 2 heterocycles. The van der Waals surface area contributed by atoms with E-state index in [9.17, 15) is 0 Å². The molecule has 0 aromatic carbocycles. The molecule has 0 atom stereocenters. The van der Waals surface area contributed by atoms with Crippen LogP contribution in [0.25, 0.3) is 0 Å². The number of aromatic nitrogens is 3. The van der Waals surface area contributed by atoms with E-state index >= 15 is 0 Å². The van der Waals surface area contributed by atoms with Crippen molar-refractivity contribution >= 4 is 5.95 Å². The average molecular weight is 260 g/mol. The molecule has 2 aromatic rings. The van der Waals surface area contributed by atoms with Crippen molar-refractivity contribution in [2.45, 2.75) is 52.1 Å². The minimum absolute atomic E-state index is 0.600. The molecule has 19 heavy (non-hydrogen) atoms. The molecule has 0 aliphatic heterocycles. The maximum Gasteiger partial charge on any atom is 0.203 e. The van der Waals surface area contributed by atoms with E-state index in [1.807, 2.05) is 19.9 Å². The van der Waals surface area contributed by atoms with E-state index in [0.29, 0.717) is 12.6 Å². The topological polar surface area (TPSA) is 55.9 Å². The second-order valence-electron chi connectivity index (χ2n) is 5.33. The summed E-state index contributed by atoms with van der Waals surface area (Å²) in [6, 6.07) is 2.55. The van der Waals surface area contributed by atoms with E-state index in [1.165, 1.54) is 25.7 Å². The summed E-state index contributed by atoms with van der Waals surface area (Å²) >= 11 is 0. The fourth-order valence-corrected chi connectivity index (χ4v) is 2.78. The van der Waals surface area contributed by atoms with Gasteiger partial charge in [-0.2, -0.15) is 0 Å². The Balaban J connectivity index is 1.73. The maximum atomic E-state index is 5.07. The Morgan fingerprint density at radius 2 is 2.16 bits per heavy atom. The zero-order valence-electron chi connectivity index (χ0n) is 11.5. The Labute approximate surface area is 113 Å². The normalized spacial score (nSPS) is 16.1. The van der Waals surface area contributed by atoms with Crippen molar-refractivity contribution in [3.63, 3.8) is 0 Å². The lowest BCUT2D eigenvalue weighted by atomic mass is 10.2. The SMILES string of the molecule is Cc1cn(C2CCCC2)c(NCc2cc(C)on2)n1. The molecule has 1 aliphatic rings. The van der Waals surface area contributed by atoms with Gasteiger partial charge in [-0.15, -0.1) is 0 Å². The van der Waals surface area contributed by atoms with Gasteiger partial charge in [-0.05, 0) is 26.7 Å². The predicted octanol–water partition coefficient (Wildman–Crippen LogP) is 3.22. The molecular formula is C14H20N4O. The van der Waals surface area contributed by atoms with E-state index in [-0.39, 0.29) is 0 Å². The van der Waals surface area contributed by atoms with E-state index in [0.717, 1.165) is 23.1 Å². The molecule has 5 nitrogen and oxygen atoms in total. The van der Waals surface area contributed by atoms with Crippen molar-refractivity contribution in [3.05, 3.63) is 29.4 Å². The van der Waals surface area contributed by atoms with Gasteiger partial charge in [0.15, 0.2) is 0 Å². The molecule has 3 rings (SSSR count). The lowest BCUT2D eigenvalue weighted by Gasteiger charge is -2.15. The van der Waals surface area contributed by atoms with E-state index in [4.69, 9.17) is 4.52 Å². The Morgan fingerprint density at radius 3 is 2.84 bits per heavy atom. The third-order valence-corrected chi connectivity index (χ3v) is 3.68. The van der Waals surface area contributed by atoms with Gasteiger partial charge in [0.2, 0.25) is 5.95 Å². The Bertz CT molecular complexity index is 552. The molecule has 1 N–H and O–H groups in total. The van der Waals surface area contributed by atoms with E-state index in [2.05, 4.69) is 26.2 Å². The predicted molar refractivity (Wildman–Crippen MR) is 73.0 cm³/mol. The molecule has 0 radical (unpaired) electrons. The second kappa shape index (κ2) is 5.07. The Morgan fingerprint density at radius 1 is 1.37 bits per heavy atom. The quantitative estimate of drug-likeness (QED) is 0.917. The van der Waals surface area contributed by atoms with Crippen molar-refractivity contribution < 1.29 is 4.52 Å². The molecule has 0 amide bonds. The first-order valence-electron chi connectivity index (χ1n) is 6.94. The highest BCUT2D eigenvalue weighted by Crippen LogP contribution is 2.32. The first kappa shape index (κ1) is 12.3. The molecule has 1 saturated carbocycles. The molecule has 0 bridgehead atoms. The fraction of sp³-hybridized carbons (Fsp3) is 0.571. The Kier molecular flexibility index (Phi) is 3.27. The summed E-state index contributed by atoms with van der Waals surface area (Å²) in [5.74, 6) is 1.79. The van der Waals surface area contributed by atoms with Crippen LogP contribution in [0.1, 0.15) is 48.9 Å². The molecule has 1 aliphatic carbocycles. The number of anilines is 1. The van der Waals surface area contributed by atoms with Crippen molar-refractivity contribution in [2.75, 3.05) is 5.32 Å². The summed E-state index contributed by atoms with van der Waals surface area (Å²) in [6.45, 7) is 4.59. The minimum atomic E-state index is 0.600. The monoisotopic (exact) mass is 260 g/mol. The van der Waals surface area contributed by atoms with Crippen LogP contribution >= 0.6 is 0 Å². The molecule has 1 fully saturated rings. The lowest BCUT2D eigenvalue weighted by Crippen LogP contribution is -2.10. The maximum absolute atomic E-state index is 5.07. The van der Waals surface area contributed by atoms with Crippen molar-refractivity contribution in [3.8, 4) is 0 Å². The summed E-state index contributed by atoms with van der Waals surface area (Å²) in [5.41, 5.74) is 1.97. The van der Waals surface area contributed by atoms with Gasteiger partial charge in [0, 0.05) is 18.3 Å². The number of imidazole rings is 1. The van der Waals surface area contributed by atoms with Crippen LogP contribution in [0.15, 0.2) is 16.8 Å². The summed E-state index contributed by atoms with van der Waals surface area (Å²) in [4.78, 5) is 4.57. The van der Waals surface area contributed by atoms with Gasteiger partial charge in [0.25, 0.3) is 0 Å². The highest BCUT2D eigenvalue weighted by atomic mass is 16.5. The van der Waals surface area contributed by atoms with Crippen LogP contribution in [0.3, 0.4) is 0 Å². The van der Waals surface area contributed by atoms with Crippen LogP contribution < -0.4 is 5.32 Å². The van der Waals surface area contributed by atoms with Crippen molar-refractivity contribution in [1.29, 1.82) is 0 Å². The van der Waals surface area contributed by atoms with Crippen molar-refractivity contribution in [2.24, 2.45) is 0 Å². The summed E-state index contributed by atoms with van der Waals surface area (Å²) in [6.07, 6.45) is 7.31. The highest BCUT2D eigenvalue weighted by Gasteiger charge is 2.20. The summed E-state index contributed by atoms with van der Waals surface area (Å²) in [5, 5.41) is 7.36. The number of nitrogens with one attached hydrogen (secondary N) is 1.